The molecule has 0 fully saturated rings. The van der Waals surface area contributed by atoms with E-state index in [1.54, 1.807) is 0 Å². The molecule has 0 heterocycles. The zero-order chi connectivity index (χ0) is 9.14. The van der Waals surface area contributed by atoms with Crippen molar-refractivity contribution in [2.24, 2.45) is 16.7 Å². The summed E-state index contributed by atoms with van der Waals surface area (Å²) in [4.78, 5) is 0. The van der Waals surface area contributed by atoms with Gasteiger partial charge in [-0.3, -0.25) is 0 Å². The maximum Gasteiger partial charge on any atom is 0.151 e. The van der Waals surface area contributed by atoms with Gasteiger partial charge in [0.1, 0.15) is 0 Å². The smallest absolute Gasteiger partial charge is 0.151 e. The van der Waals surface area contributed by atoms with E-state index in [2.05, 4.69) is 21.0 Å². The fourth-order valence-electron chi connectivity index (χ4n) is 0.897. The summed E-state index contributed by atoms with van der Waals surface area (Å²) in [5.41, 5.74) is 7.52. The lowest BCUT2D eigenvalue weighted by atomic mass is 10.1. The van der Waals surface area contributed by atoms with Crippen LogP contribution in [0.5, 0.6) is 0 Å². The average molecular weight is 228 g/mol. The standard InChI is InChI=1S/C8H10BrN3/c1-5-2-3-6(7(9)4-5)8(10)12-11/h2-4H,11H2,1H3,(H2,10,12). The molecule has 0 atom stereocenters. The Hall–Kier alpha value is -1.03. The molecule has 64 valence electrons. The van der Waals surface area contributed by atoms with Gasteiger partial charge in [0.25, 0.3) is 0 Å². The highest BCUT2D eigenvalue weighted by Crippen LogP contribution is 2.17. The zero-order valence-electron chi connectivity index (χ0n) is 6.71. The van der Waals surface area contributed by atoms with E-state index < -0.39 is 0 Å². The molecule has 0 spiro atoms. The van der Waals surface area contributed by atoms with Gasteiger partial charge in [-0.05, 0) is 24.6 Å². The van der Waals surface area contributed by atoms with Crippen LogP contribution in [-0.4, -0.2) is 5.84 Å². The van der Waals surface area contributed by atoms with Crippen molar-refractivity contribution in [2.75, 3.05) is 0 Å². The number of hydrogen-bond acceptors (Lipinski definition) is 2. The van der Waals surface area contributed by atoms with Crippen LogP contribution in [-0.2, 0) is 0 Å². The number of rotatable bonds is 1. The number of nitrogens with two attached hydrogens (primary N) is 2. The van der Waals surface area contributed by atoms with Crippen LogP contribution < -0.4 is 11.6 Å². The van der Waals surface area contributed by atoms with Crippen molar-refractivity contribution < 1.29 is 0 Å². The molecule has 0 bridgehead atoms. The van der Waals surface area contributed by atoms with Crippen LogP contribution in [0.1, 0.15) is 11.1 Å². The van der Waals surface area contributed by atoms with E-state index in [1.165, 1.54) is 0 Å². The molecule has 0 amide bonds. The normalized spacial score (nSPS) is 11.7. The fourth-order valence-corrected chi connectivity index (χ4v) is 1.59. The lowest BCUT2D eigenvalue weighted by Crippen LogP contribution is -2.16. The van der Waals surface area contributed by atoms with Gasteiger partial charge in [-0.2, -0.15) is 5.10 Å². The van der Waals surface area contributed by atoms with Crippen molar-refractivity contribution >= 4 is 21.8 Å². The Bertz CT molecular complexity index is 320. The third-order valence-corrected chi connectivity index (χ3v) is 2.20. The van der Waals surface area contributed by atoms with Gasteiger partial charge in [0.05, 0.1) is 0 Å². The van der Waals surface area contributed by atoms with Crippen LogP contribution in [0.25, 0.3) is 0 Å². The van der Waals surface area contributed by atoms with Crippen molar-refractivity contribution in [3.63, 3.8) is 0 Å². The van der Waals surface area contributed by atoms with Gasteiger partial charge >= 0.3 is 0 Å². The Morgan fingerprint density at radius 3 is 2.67 bits per heavy atom. The number of halogens is 1. The molecule has 0 aromatic heterocycles. The van der Waals surface area contributed by atoms with Gasteiger partial charge in [-0.1, -0.05) is 22.0 Å². The first-order valence-corrected chi connectivity index (χ1v) is 4.24. The number of benzene rings is 1. The van der Waals surface area contributed by atoms with Crippen LogP contribution in [0.2, 0.25) is 0 Å². The van der Waals surface area contributed by atoms with E-state index in [4.69, 9.17) is 11.6 Å². The highest BCUT2D eigenvalue weighted by molar-refractivity contribution is 9.10. The summed E-state index contributed by atoms with van der Waals surface area (Å²) in [5, 5.41) is 3.41. The Labute approximate surface area is 79.6 Å². The molecule has 0 saturated carbocycles. The Morgan fingerprint density at radius 2 is 2.17 bits per heavy atom. The minimum absolute atomic E-state index is 0.335. The summed E-state index contributed by atoms with van der Waals surface area (Å²) in [7, 11) is 0. The van der Waals surface area contributed by atoms with Crippen molar-refractivity contribution in [1.29, 1.82) is 0 Å². The van der Waals surface area contributed by atoms with Crippen LogP contribution >= 0.6 is 15.9 Å². The van der Waals surface area contributed by atoms with E-state index in [0.29, 0.717) is 5.84 Å². The molecule has 0 saturated heterocycles. The van der Waals surface area contributed by atoms with Gasteiger partial charge in [-0.25, -0.2) is 0 Å². The molecule has 3 nitrogen and oxygen atoms in total. The maximum atomic E-state index is 5.54. The van der Waals surface area contributed by atoms with Crippen LogP contribution in [0, 0.1) is 6.92 Å². The van der Waals surface area contributed by atoms with Gasteiger partial charge < -0.3 is 11.6 Å². The molecule has 0 aliphatic rings. The van der Waals surface area contributed by atoms with Crippen molar-refractivity contribution in [3.8, 4) is 0 Å². The van der Waals surface area contributed by atoms with Gasteiger partial charge in [0, 0.05) is 10.0 Å². The van der Waals surface area contributed by atoms with Crippen molar-refractivity contribution in [2.45, 2.75) is 6.92 Å². The molecular weight excluding hydrogens is 218 g/mol. The summed E-state index contributed by atoms with van der Waals surface area (Å²) < 4.78 is 0.911. The molecule has 0 aliphatic carbocycles. The summed E-state index contributed by atoms with van der Waals surface area (Å²) in [6.45, 7) is 2.00. The van der Waals surface area contributed by atoms with E-state index in [0.717, 1.165) is 15.6 Å². The summed E-state index contributed by atoms with van der Waals surface area (Å²) in [5.74, 6) is 5.39. The molecule has 4 N–H and O–H groups in total. The summed E-state index contributed by atoms with van der Waals surface area (Å²) in [6, 6.07) is 5.80. The molecule has 1 rings (SSSR count). The second kappa shape index (κ2) is 3.58. The number of amidine groups is 1. The number of hydrogen-bond donors (Lipinski definition) is 2. The molecule has 0 aliphatic heterocycles. The lowest BCUT2D eigenvalue weighted by molar-refractivity contribution is 1.22. The minimum Gasteiger partial charge on any atom is -0.382 e. The molecule has 1 aromatic carbocycles. The summed E-state index contributed by atoms with van der Waals surface area (Å²) >= 11 is 3.37. The number of nitrogens with zero attached hydrogens (tertiary/aromatic N) is 1. The molecule has 12 heavy (non-hydrogen) atoms. The SMILES string of the molecule is Cc1ccc(/C(N)=N/N)c(Br)c1. The lowest BCUT2D eigenvalue weighted by Gasteiger charge is -2.02. The third-order valence-electron chi connectivity index (χ3n) is 1.54. The second-order valence-electron chi connectivity index (χ2n) is 2.50. The quantitative estimate of drug-likeness (QED) is 0.329. The summed E-state index contributed by atoms with van der Waals surface area (Å²) in [6.07, 6.45) is 0. The Kier molecular flexibility index (Phi) is 2.70. The van der Waals surface area contributed by atoms with E-state index >= 15 is 0 Å². The van der Waals surface area contributed by atoms with E-state index in [9.17, 15) is 0 Å². The predicted octanol–water partition coefficient (Wildman–Crippen LogP) is 1.34. The zero-order valence-corrected chi connectivity index (χ0v) is 8.30. The molecule has 0 unspecified atom stereocenters. The first kappa shape index (κ1) is 9.06. The third kappa shape index (κ3) is 1.76. The van der Waals surface area contributed by atoms with Crippen LogP contribution in [0.15, 0.2) is 27.8 Å². The Balaban J connectivity index is 3.18. The Morgan fingerprint density at radius 1 is 1.50 bits per heavy atom. The van der Waals surface area contributed by atoms with Crippen molar-refractivity contribution in [1.82, 2.24) is 0 Å². The monoisotopic (exact) mass is 227 g/mol. The maximum absolute atomic E-state index is 5.54. The first-order chi connectivity index (χ1) is 5.65. The number of hydrazone groups is 1. The topological polar surface area (TPSA) is 64.4 Å². The largest absolute Gasteiger partial charge is 0.382 e. The van der Waals surface area contributed by atoms with Crippen LogP contribution in [0.3, 0.4) is 0 Å². The second-order valence-corrected chi connectivity index (χ2v) is 3.35. The molecule has 1 aromatic rings. The van der Waals surface area contributed by atoms with E-state index in [1.807, 2.05) is 25.1 Å². The number of aryl methyl sites for hydroxylation is 1. The molecule has 4 heteroatoms. The van der Waals surface area contributed by atoms with Gasteiger partial charge in [-0.15, -0.1) is 0 Å². The highest BCUT2D eigenvalue weighted by Gasteiger charge is 2.02. The molecule has 0 radical (unpaired) electrons. The highest BCUT2D eigenvalue weighted by atomic mass is 79.9. The van der Waals surface area contributed by atoms with Crippen molar-refractivity contribution in [3.05, 3.63) is 33.8 Å². The van der Waals surface area contributed by atoms with Gasteiger partial charge in [0.2, 0.25) is 0 Å². The fraction of sp³-hybridized carbons (Fsp3) is 0.125. The van der Waals surface area contributed by atoms with Gasteiger partial charge in [0.15, 0.2) is 5.84 Å². The first-order valence-electron chi connectivity index (χ1n) is 3.45. The minimum atomic E-state index is 0.335. The van der Waals surface area contributed by atoms with Crippen LogP contribution in [0.4, 0.5) is 0 Å². The predicted molar refractivity (Wildman–Crippen MR) is 53.8 cm³/mol. The van der Waals surface area contributed by atoms with E-state index in [-0.39, 0.29) is 0 Å². The average Bonchev–Trinajstić information content (AvgIpc) is 2.03. The molecular formula is C8H10BrN3.